The van der Waals surface area contributed by atoms with Crippen molar-refractivity contribution >= 4 is 26.6 Å². The Morgan fingerprint density at radius 3 is 2.67 bits per heavy atom. The fourth-order valence-corrected chi connectivity index (χ4v) is 4.04. The molecule has 0 saturated carbocycles. The van der Waals surface area contributed by atoms with Gasteiger partial charge in [-0.05, 0) is 48.4 Å². The molecule has 4 aromatic rings. The number of halogens is 1. The highest BCUT2D eigenvalue weighted by molar-refractivity contribution is 7.90. The van der Waals surface area contributed by atoms with Crippen molar-refractivity contribution in [3.05, 3.63) is 90.8 Å². The monoisotopic (exact) mass is 465 g/mol. The minimum Gasteiger partial charge on any atom is -0.345 e. The number of fused-ring (bicyclic) bond motifs is 1. The highest BCUT2D eigenvalue weighted by atomic mass is 32.2. The molecule has 0 fully saturated rings. The first-order chi connectivity index (χ1) is 15.8. The molecule has 3 aromatic heterocycles. The predicted octanol–water partition coefficient (Wildman–Crippen LogP) is 3.41. The van der Waals surface area contributed by atoms with Crippen LogP contribution in [-0.2, 0) is 9.84 Å². The maximum atomic E-state index is 13.3. The molecule has 1 amide bonds. The van der Waals surface area contributed by atoms with Crippen LogP contribution in [0.5, 0.6) is 0 Å². The van der Waals surface area contributed by atoms with E-state index in [2.05, 4.69) is 27.0 Å². The van der Waals surface area contributed by atoms with Crippen molar-refractivity contribution in [1.29, 1.82) is 0 Å². The first kappa shape index (κ1) is 22.3. The molecule has 10 heteroatoms. The summed E-state index contributed by atoms with van der Waals surface area (Å²) in [5.74, 6) is -0.770. The average molecular weight is 466 g/mol. The Hall–Kier alpha value is -3.92. The molecule has 0 aliphatic carbocycles. The normalized spacial score (nSPS) is 12.4. The highest BCUT2D eigenvalue weighted by Gasteiger charge is 2.20. The first-order valence-electron chi connectivity index (χ1n) is 9.93. The third kappa shape index (κ3) is 4.65. The van der Waals surface area contributed by atoms with Crippen LogP contribution >= 0.6 is 0 Å². The van der Waals surface area contributed by atoms with Gasteiger partial charge in [-0.25, -0.2) is 22.5 Å². The van der Waals surface area contributed by atoms with E-state index >= 15 is 0 Å². The number of pyridine rings is 2. The summed E-state index contributed by atoms with van der Waals surface area (Å²) in [6, 6.07) is 8.37. The summed E-state index contributed by atoms with van der Waals surface area (Å²) in [5, 5.41) is 7.74. The predicted molar refractivity (Wildman–Crippen MR) is 121 cm³/mol. The van der Waals surface area contributed by atoms with Crippen molar-refractivity contribution in [2.45, 2.75) is 17.5 Å². The first-order valence-corrected chi connectivity index (χ1v) is 11.8. The van der Waals surface area contributed by atoms with E-state index < -0.39 is 21.8 Å². The second-order valence-corrected chi connectivity index (χ2v) is 9.37. The van der Waals surface area contributed by atoms with Gasteiger partial charge >= 0.3 is 0 Å². The summed E-state index contributed by atoms with van der Waals surface area (Å²) in [4.78, 5) is 21.3. The van der Waals surface area contributed by atoms with E-state index in [1.807, 2.05) is 0 Å². The lowest BCUT2D eigenvalue weighted by atomic mass is 10.0. The van der Waals surface area contributed by atoms with Gasteiger partial charge in [0.25, 0.3) is 5.91 Å². The van der Waals surface area contributed by atoms with E-state index in [0.717, 1.165) is 6.26 Å². The third-order valence-electron chi connectivity index (χ3n) is 5.06. The molecule has 1 N–H and O–H groups in total. The standard InChI is InChI=1S/C23H20FN5O3S/c1-3-4-20(15-9-10-26-22(11-15)33(2,31)32)28-23(30)19-12-25-14-21-18(19)13-27-29(21)17-7-5-16(24)6-8-17/h3,5-14,20H,1,4H2,2H3,(H,28,30)/t20-/m0/s1. The number of nitrogens with zero attached hydrogens (tertiary/aromatic N) is 4. The zero-order valence-electron chi connectivity index (χ0n) is 17.6. The number of hydrogen-bond donors (Lipinski definition) is 1. The SMILES string of the molecule is C=CC[C@H](NC(=O)c1cncc2c1cnn2-c1ccc(F)cc1)c1ccnc(S(C)(=O)=O)c1. The summed E-state index contributed by atoms with van der Waals surface area (Å²) in [6.07, 6.45) is 9.03. The van der Waals surface area contributed by atoms with Gasteiger partial charge in [0.15, 0.2) is 14.9 Å². The van der Waals surface area contributed by atoms with Gasteiger partial charge in [0, 0.05) is 24.0 Å². The van der Waals surface area contributed by atoms with Crippen molar-refractivity contribution in [3.63, 3.8) is 0 Å². The van der Waals surface area contributed by atoms with Gasteiger partial charge in [0.2, 0.25) is 0 Å². The molecule has 3 heterocycles. The molecule has 1 atom stereocenters. The van der Waals surface area contributed by atoms with E-state index in [4.69, 9.17) is 0 Å². The Balaban J connectivity index is 1.68. The Kier molecular flexibility index (Phi) is 6.01. The molecule has 0 radical (unpaired) electrons. The highest BCUT2D eigenvalue weighted by Crippen LogP contribution is 2.24. The van der Waals surface area contributed by atoms with Gasteiger partial charge in [-0.2, -0.15) is 5.10 Å². The summed E-state index contributed by atoms with van der Waals surface area (Å²) >= 11 is 0. The lowest BCUT2D eigenvalue weighted by Crippen LogP contribution is -2.28. The lowest BCUT2D eigenvalue weighted by molar-refractivity contribution is 0.0938. The molecule has 8 nitrogen and oxygen atoms in total. The summed E-state index contributed by atoms with van der Waals surface area (Å²) in [5.41, 5.74) is 2.09. The second-order valence-electron chi connectivity index (χ2n) is 7.40. The van der Waals surface area contributed by atoms with Crippen LogP contribution in [0, 0.1) is 5.82 Å². The Morgan fingerprint density at radius 1 is 1.21 bits per heavy atom. The smallest absolute Gasteiger partial charge is 0.254 e. The number of sulfone groups is 1. The van der Waals surface area contributed by atoms with Crippen LogP contribution in [0.1, 0.15) is 28.4 Å². The van der Waals surface area contributed by atoms with Crippen molar-refractivity contribution < 1.29 is 17.6 Å². The maximum Gasteiger partial charge on any atom is 0.254 e. The Labute approximate surface area is 189 Å². The third-order valence-corrected chi connectivity index (χ3v) is 6.04. The second kappa shape index (κ2) is 8.91. The van der Waals surface area contributed by atoms with Crippen LogP contribution < -0.4 is 5.32 Å². The van der Waals surface area contributed by atoms with Gasteiger partial charge in [-0.15, -0.1) is 6.58 Å². The topological polar surface area (TPSA) is 107 Å². The number of aromatic nitrogens is 4. The fourth-order valence-electron chi connectivity index (χ4n) is 3.44. The molecule has 0 unspecified atom stereocenters. The molecular weight excluding hydrogens is 445 g/mol. The van der Waals surface area contributed by atoms with E-state index in [9.17, 15) is 17.6 Å². The number of carbonyl (C=O) groups excluding carboxylic acids is 1. The van der Waals surface area contributed by atoms with E-state index in [-0.39, 0.29) is 10.8 Å². The zero-order valence-corrected chi connectivity index (χ0v) is 18.5. The quantitative estimate of drug-likeness (QED) is 0.419. The van der Waals surface area contributed by atoms with Crippen molar-refractivity contribution in [2.75, 3.05) is 6.26 Å². The largest absolute Gasteiger partial charge is 0.345 e. The minimum absolute atomic E-state index is 0.0762. The van der Waals surface area contributed by atoms with Crippen molar-refractivity contribution in [2.24, 2.45) is 0 Å². The summed E-state index contributed by atoms with van der Waals surface area (Å²) in [7, 11) is -3.50. The van der Waals surface area contributed by atoms with Crippen molar-refractivity contribution in [1.82, 2.24) is 25.1 Å². The fraction of sp³-hybridized carbons (Fsp3) is 0.130. The van der Waals surface area contributed by atoms with Crippen LogP contribution in [0.25, 0.3) is 16.6 Å². The van der Waals surface area contributed by atoms with Crippen LogP contribution in [0.4, 0.5) is 4.39 Å². The molecule has 0 bridgehead atoms. The lowest BCUT2D eigenvalue weighted by Gasteiger charge is -2.18. The Morgan fingerprint density at radius 2 is 1.97 bits per heavy atom. The number of rotatable bonds is 7. The van der Waals surface area contributed by atoms with Crippen LogP contribution in [0.3, 0.4) is 0 Å². The van der Waals surface area contributed by atoms with Crippen LogP contribution in [-0.4, -0.2) is 40.3 Å². The zero-order chi connectivity index (χ0) is 23.6. The molecule has 0 aliphatic rings. The van der Waals surface area contributed by atoms with E-state index in [1.165, 1.54) is 30.6 Å². The van der Waals surface area contributed by atoms with E-state index in [1.54, 1.807) is 41.4 Å². The van der Waals surface area contributed by atoms with Gasteiger partial charge in [0.1, 0.15) is 5.82 Å². The molecule has 168 valence electrons. The average Bonchev–Trinajstić information content (AvgIpc) is 3.23. The molecule has 0 saturated heterocycles. The van der Waals surface area contributed by atoms with Crippen LogP contribution in [0.15, 0.2) is 78.9 Å². The minimum atomic E-state index is -3.50. The maximum absolute atomic E-state index is 13.3. The summed E-state index contributed by atoms with van der Waals surface area (Å²) < 4.78 is 38.6. The number of amides is 1. The molecule has 0 aliphatic heterocycles. The molecule has 0 spiro atoms. The number of hydrogen-bond acceptors (Lipinski definition) is 6. The Bertz CT molecular complexity index is 1450. The number of nitrogens with one attached hydrogen (secondary N) is 1. The number of benzene rings is 1. The molecule has 33 heavy (non-hydrogen) atoms. The van der Waals surface area contributed by atoms with Crippen molar-refractivity contribution in [3.8, 4) is 5.69 Å². The van der Waals surface area contributed by atoms with Gasteiger partial charge in [-0.1, -0.05) is 6.08 Å². The van der Waals surface area contributed by atoms with E-state index in [0.29, 0.717) is 34.1 Å². The molecular formula is C23H20FN5O3S. The van der Waals surface area contributed by atoms with Gasteiger partial charge in [-0.3, -0.25) is 9.78 Å². The summed E-state index contributed by atoms with van der Waals surface area (Å²) in [6.45, 7) is 3.73. The molecule has 1 aromatic carbocycles. The van der Waals surface area contributed by atoms with Crippen LogP contribution in [0.2, 0.25) is 0 Å². The number of carbonyl (C=O) groups is 1. The van der Waals surface area contributed by atoms with Gasteiger partial charge in [0.05, 0.1) is 35.2 Å². The van der Waals surface area contributed by atoms with Gasteiger partial charge < -0.3 is 5.32 Å². The molecule has 4 rings (SSSR count).